The van der Waals surface area contributed by atoms with Gasteiger partial charge >= 0.3 is 123 Å². The fourth-order valence-corrected chi connectivity index (χ4v) is 4.02. The Balaban J connectivity index is 2.08. The maximum atomic E-state index is 12.1. The molecule has 2 aromatic carbocycles. The molecule has 0 aliphatic carbocycles. The molecule has 94 valence electrons. The average Bonchev–Trinajstić information content (AvgIpc) is 2.40. The molecule has 0 aliphatic heterocycles. The van der Waals surface area contributed by atoms with Gasteiger partial charge in [0.1, 0.15) is 0 Å². The first-order valence-corrected chi connectivity index (χ1v) is 8.91. The van der Waals surface area contributed by atoms with Crippen LogP contribution in [0.5, 0.6) is 0 Å². The number of aryl methyl sites for hydroxylation is 2. The van der Waals surface area contributed by atoms with Gasteiger partial charge in [0.15, 0.2) is 0 Å². The summed E-state index contributed by atoms with van der Waals surface area (Å²) in [6, 6.07) is 14.8. The Labute approximate surface area is 123 Å². The van der Waals surface area contributed by atoms with Gasteiger partial charge in [0, 0.05) is 0 Å². The molecule has 0 amide bonds. The maximum absolute atomic E-state index is 12.1. The third-order valence-electron chi connectivity index (χ3n) is 2.85. The summed E-state index contributed by atoms with van der Waals surface area (Å²) in [6.45, 7) is 3.96. The Morgan fingerprint density at radius 3 is 1.32 bits per heavy atom. The molecule has 0 atom stereocenters. The summed E-state index contributed by atoms with van der Waals surface area (Å²) < 4.78 is 0.0725. The van der Waals surface area contributed by atoms with Crippen LogP contribution in [-0.4, -0.2) is 28.7 Å². The van der Waals surface area contributed by atoms with Crippen LogP contribution in [0.2, 0.25) is 0 Å². The van der Waals surface area contributed by atoms with Gasteiger partial charge in [-0.3, -0.25) is 0 Å². The first-order chi connectivity index (χ1) is 9.06. The van der Waals surface area contributed by atoms with Crippen molar-refractivity contribution >= 4 is 28.7 Å². The summed E-state index contributed by atoms with van der Waals surface area (Å²) in [7, 11) is 0. The Hall–Kier alpha value is -1.42. The SMILES string of the molecule is Cc1ccc([C](=O)[Sn][C](=O)c2ccc(C)cc2)cc1. The van der Waals surface area contributed by atoms with E-state index >= 15 is 0 Å². The van der Waals surface area contributed by atoms with E-state index in [1.54, 1.807) is 24.3 Å². The molecule has 0 aliphatic rings. The van der Waals surface area contributed by atoms with Crippen LogP contribution in [0, 0.1) is 13.8 Å². The van der Waals surface area contributed by atoms with Gasteiger partial charge in [-0.15, -0.1) is 0 Å². The second-order valence-electron chi connectivity index (χ2n) is 4.52. The van der Waals surface area contributed by atoms with E-state index in [1.807, 2.05) is 38.1 Å². The van der Waals surface area contributed by atoms with Gasteiger partial charge in [0.2, 0.25) is 0 Å². The van der Waals surface area contributed by atoms with E-state index in [4.69, 9.17) is 0 Å². The molecular weight excluding hydrogens is 343 g/mol. The Bertz CT molecular complexity index is 542. The summed E-state index contributed by atoms with van der Waals surface area (Å²) >= 11 is -1.74. The first-order valence-electron chi connectivity index (χ1n) is 6.05. The van der Waals surface area contributed by atoms with Crippen LogP contribution in [0.4, 0.5) is 0 Å². The fraction of sp³-hybridized carbons (Fsp3) is 0.125. The van der Waals surface area contributed by atoms with Crippen molar-refractivity contribution in [1.82, 2.24) is 0 Å². The molecule has 2 rings (SSSR count). The molecule has 0 aromatic heterocycles. The van der Waals surface area contributed by atoms with E-state index in [0.717, 1.165) is 11.1 Å². The molecular formula is C16H14O2Sn. The van der Waals surface area contributed by atoms with Crippen LogP contribution in [0.25, 0.3) is 0 Å². The van der Waals surface area contributed by atoms with Gasteiger partial charge in [0.05, 0.1) is 0 Å². The van der Waals surface area contributed by atoms with E-state index in [2.05, 4.69) is 0 Å². The molecule has 0 bridgehead atoms. The zero-order valence-electron chi connectivity index (χ0n) is 10.9. The van der Waals surface area contributed by atoms with Crippen molar-refractivity contribution in [2.75, 3.05) is 0 Å². The molecule has 2 nitrogen and oxygen atoms in total. The molecule has 0 N–H and O–H groups in total. The second kappa shape index (κ2) is 6.15. The van der Waals surface area contributed by atoms with Crippen LogP contribution >= 0.6 is 0 Å². The molecule has 2 aromatic rings. The summed E-state index contributed by atoms with van der Waals surface area (Å²) in [5, 5.41) is 0. The molecule has 0 unspecified atom stereocenters. The van der Waals surface area contributed by atoms with Gasteiger partial charge in [0.25, 0.3) is 0 Å². The predicted molar refractivity (Wildman–Crippen MR) is 76.8 cm³/mol. The Morgan fingerprint density at radius 2 is 1.00 bits per heavy atom. The summed E-state index contributed by atoms with van der Waals surface area (Å²) in [6.07, 6.45) is 0. The van der Waals surface area contributed by atoms with Gasteiger partial charge in [-0.2, -0.15) is 0 Å². The molecule has 2 radical (unpaired) electrons. The molecule has 0 heterocycles. The van der Waals surface area contributed by atoms with Gasteiger partial charge in [-0.05, 0) is 0 Å². The van der Waals surface area contributed by atoms with Gasteiger partial charge < -0.3 is 0 Å². The summed E-state index contributed by atoms with van der Waals surface area (Å²) in [5.41, 5.74) is 3.56. The van der Waals surface area contributed by atoms with E-state index in [9.17, 15) is 9.59 Å². The van der Waals surface area contributed by atoms with E-state index in [-0.39, 0.29) is 7.60 Å². The van der Waals surface area contributed by atoms with E-state index < -0.39 is 21.1 Å². The van der Waals surface area contributed by atoms with Crippen molar-refractivity contribution in [1.29, 1.82) is 0 Å². The molecule has 0 fully saturated rings. The molecule has 0 saturated carbocycles. The van der Waals surface area contributed by atoms with Crippen LogP contribution in [0.15, 0.2) is 48.5 Å². The molecule has 19 heavy (non-hydrogen) atoms. The van der Waals surface area contributed by atoms with Crippen LogP contribution in [-0.2, 0) is 0 Å². The zero-order valence-corrected chi connectivity index (χ0v) is 13.8. The Morgan fingerprint density at radius 1 is 0.684 bits per heavy atom. The predicted octanol–water partition coefficient (Wildman–Crippen LogP) is 2.99. The number of rotatable bonds is 4. The average molecular weight is 357 g/mol. The normalized spacial score (nSPS) is 10.2. The monoisotopic (exact) mass is 358 g/mol. The van der Waals surface area contributed by atoms with Crippen molar-refractivity contribution in [2.24, 2.45) is 0 Å². The molecule has 3 heteroatoms. The Kier molecular flexibility index (Phi) is 4.53. The summed E-state index contributed by atoms with van der Waals surface area (Å²) in [4.78, 5) is 24.1. The van der Waals surface area contributed by atoms with Crippen molar-refractivity contribution in [3.63, 3.8) is 0 Å². The first kappa shape index (κ1) is 14.0. The van der Waals surface area contributed by atoms with Crippen molar-refractivity contribution in [2.45, 2.75) is 13.8 Å². The molecule has 0 saturated heterocycles. The summed E-state index contributed by atoms with van der Waals surface area (Å²) in [5.74, 6) is 0. The topological polar surface area (TPSA) is 34.1 Å². The van der Waals surface area contributed by atoms with Crippen molar-refractivity contribution in [3.8, 4) is 0 Å². The van der Waals surface area contributed by atoms with Crippen LogP contribution < -0.4 is 0 Å². The van der Waals surface area contributed by atoms with E-state index in [0.29, 0.717) is 11.1 Å². The third-order valence-corrected chi connectivity index (χ3v) is 5.80. The van der Waals surface area contributed by atoms with Gasteiger partial charge in [-0.25, -0.2) is 0 Å². The number of hydrogen-bond acceptors (Lipinski definition) is 2. The number of benzene rings is 2. The van der Waals surface area contributed by atoms with Gasteiger partial charge in [-0.1, -0.05) is 0 Å². The zero-order chi connectivity index (χ0) is 13.8. The second-order valence-corrected chi connectivity index (χ2v) is 7.82. The van der Waals surface area contributed by atoms with Crippen LogP contribution in [0.3, 0.4) is 0 Å². The van der Waals surface area contributed by atoms with Crippen molar-refractivity contribution in [3.05, 3.63) is 70.8 Å². The van der Waals surface area contributed by atoms with Crippen LogP contribution in [0.1, 0.15) is 31.8 Å². The molecule has 0 spiro atoms. The van der Waals surface area contributed by atoms with Crippen molar-refractivity contribution < 1.29 is 9.59 Å². The minimum atomic E-state index is -1.74. The standard InChI is InChI=1S/2C8H7O.Sn/c2*1-7-2-4-8(6-9)5-3-7;/h2*2-5H,1H3;. The third kappa shape index (κ3) is 3.77. The van der Waals surface area contributed by atoms with E-state index in [1.165, 1.54) is 0 Å². The minimum absolute atomic E-state index is 0.0363. The number of carbonyl (C=O) groups excluding carboxylic acids is 2. The fourth-order valence-electron chi connectivity index (χ4n) is 1.66. The number of hydrogen-bond donors (Lipinski definition) is 0. The quantitative estimate of drug-likeness (QED) is 0.789. The number of carbonyl (C=O) groups is 2.